The Labute approximate surface area is 116 Å². The number of alkyl halides is 3. The Hall–Kier alpha value is -0.530. The molecule has 1 aliphatic rings. The second kappa shape index (κ2) is 8.60. The van der Waals surface area contributed by atoms with Crippen molar-refractivity contribution in [3.05, 3.63) is 0 Å². The van der Waals surface area contributed by atoms with Crippen molar-refractivity contribution in [1.82, 2.24) is 5.32 Å². The van der Waals surface area contributed by atoms with Gasteiger partial charge in [0.05, 0.1) is 6.61 Å². The van der Waals surface area contributed by atoms with Gasteiger partial charge in [-0.2, -0.15) is 13.2 Å². The molecule has 1 aliphatic carbocycles. The lowest BCUT2D eigenvalue weighted by Gasteiger charge is -2.17. The second-order valence-electron chi connectivity index (χ2n) is 4.49. The SMILES string of the molecule is Cl.NC[C@H]1CCC[C@H]1C(=O)NCCOCC(F)(F)F. The van der Waals surface area contributed by atoms with Crippen molar-refractivity contribution in [3.63, 3.8) is 0 Å². The largest absolute Gasteiger partial charge is 0.411 e. The number of carbonyl (C=O) groups excluding carboxylic acids is 1. The summed E-state index contributed by atoms with van der Waals surface area (Å²) in [4.78, 5) is 11.7. The summed E-state index contributed by atoms with van der Waals surface area (Å²) in [5.74, 6) is -0.0303. The molecule has 8 heteroatoms. The molecule has 0 aromatic rings. The van der Waals surface area contributed by atoms with Crippen LogP contribution in [0.4, 0.5) is 13.2 Å². The van der Waals surface area contributed by atoms with Crippen LogP contribution in [0.1, 0.15) is 19.3 Å². The molecule has 0 aliphatic heterocycles. The average molecular weight is 305 g/mol. The molecule has 1 amide bonds. The topological polar surface area (TPSA) is 64.4 Å². The lowest BCUT2D eigenvalue weighted by Crippen LogP contribution is -2.37. The van der Waals surface area contributed by atoms with E-state index in [4.69, 9.17) is 5.73 Å². The molecule has 2 atom stereocenters. The molecule has 0 unspecified atom stereocenters. The summed E-state index contributed by atoms with van der Waals surface area (Å²) in [5, 5.41) is 2.59. The standard InChI is InChI=1S/C11H19F3N2O2.ClH/c12-11(13,14)7-18-5-4-16-10(17)9-3-1-2-8(9)6-15;/h8-9H,1-7,15H2,(H,16,17);1H/t8-,9-;/m1./s1. The van der Waals surface area contributed by atoms with Crippen LogP contribution in [0.25, 0.3) is 0 Å². The van der Waals surface area contributed by atoms with Crippen molar-refractivity contribution < 1.29 is 22.7 Å². The first kappa shape index (κ1) is 18.5. The zero-order valence-electron chi connectivity index (χ0n) is 10.5. The molecule has 0 saturated heterocycles. The maximum Gasteiger partial charge on any atom is 0.411 e. The molecule has 1 fully saturated rings. The van der Waals surface area contributed by atoms with E-state index in [0.29, 0.717) is 6.54 Å². The summed E-state index contributed by atoms with van der Waals surface area (Å²) in [6.07, 6.45) is -1.60. The Balaban J connectivity index is 0.00000324. The van der Waals surface area contributed by atoms with Gasteiger partial charge in [-0.3, -0.25) is 4.79 Å². The first-order valence-electron chi connectivity index (χ1n) is 6.06. The number of hydrogen-bond donors (Lipinski definition) is 2. The number of carbonyl (C=O) groups is 1. The molecular formula is C11H20ClF3N2O2. The molecule has 4 nitrogen and oxygen atoms in total. The van der Waals surface area contributed by atoms with E-state index in [1.807, 2.05) is 0 Å². The van der Waals surface area contributed by atoms with Gasteiger partial charge in [-0.15, -0.1) is 12.4 Å². The second-order valence-corrected chi connectivity index (χ2v) is 4.49. The Bertz CT molecular complexity index is 277. The van der Waals surface area contributed by atoms with Crippen LogP contribution in [0, 0.1) is 11.8 Å². The van der Waals surface area contributed by atoms with Crippen molar-refractivity contribution in [2.75, 3.05) is 26.3 Å². The minimum absolute atomic E-state index is 0. The molecule has 1 saturated carbocycles. The van der Waals surface area contributed by atoms with Gasteiger partial charge in [-0.1, -0.05) is 6.42 Å². The van der Waals surface area contributed by atoms with Crippen LogP contribution in [-0.4, -0.2) is 38.4 Å². The Kier molecular flexibility index (Phi) is 8.36. The summed E-state index contributed by atoms with van der Waals surface area (Å²) in [5.41, 5.74) is 5.56. The van der Waals surface area contributed by atoms with E-state index in [1.54, 1.807) is 0 Å². The fraction of sp³-hybridized carbons (Fsp3) is 0.909. The number of halogens is 4. The van der Waals surface area contributed by atoms with Gasteiger partial charge in [0.2, 0.25) is 5.91 Å². The quantitative estimate of drug-likeness (QED) is 0.731. The molecule has 0 heterocycles. The van der Waals surface area contributed by atoms with Crippen LogP contribution in [0.2, 0.25) is 0 Å². The van der Waals surface area contributed by atoms with Crippen LogP contribution >= 0.6 is 12.4 Å². The highest BCUT2D eigenvalue weighted by Gasteiger charge is 2.31. The molecule has 0 radical (unpaired) electrons. The third-order valence-corrected chi connectivity index (χ3v) is 3.11. The molecule has 114 valence electrons. The highest BCUT2D eigenvalue weighted by Crippen LogP contribution is 2.30. The monoisotopic (exact) mass is 304 g/mol. The van der Waals surface area contributed by atoms with Crippen LogP contribution in [0.15, 0.2) is 0 Å². The number of amides is 1. The van der Waals surface area contributed by atoms with Crippen molar-refractivity contribution in [3.8, 4) is 0 Å². The van der Waals surface area contributed by atoms with Gasteiger partial charge in [0.15, 0.2) is 0 Å². The van der Waals surface area contributed by atoms with E-state index < -0.39 is 12.8 Å². The third-order valence-electron chi connectivity index (χ3n) is 3.11. The number of rotatable bonds is 6. The summed E-state index contributed by atoms with van der Waals surface area (Å²) in [6, 6.07) is 0. The van der Waals surface area contributed by atoms with Gasteiger partial charge in [0.25, 0.3) is 0 Å². The fourth-order valence-corrected chi connectivity index (χ4v) is 2.23. The first-order chi connectivity index (χ1) is 8.44. The third kappa shape index (κ3) is 6.98. The summed E-state index contributed by atoms with van der Waals surface area (Å²) >= 11 is 0. The summed E-state index contributed by atoms with van der Waals surface area (Å²) in [6.45, 7) is -0.839. The van der Waals surface area contributed by atoms with Crippen LogP contribution < -0.4 is 11.1 Å². The van der Waals surface area contributed by atoms with Crippen LogP contribution in [0.3, 0.4) is 0 Å². The minimum atomic E-state index is -4.32. The number of nitrogens with two attached hydrogens (primary N) is 1. The number of ether oxygens (including phenoxy) is 1. The molecule has 19 heavy (non-hydrogen) atoms. The van der Waals surface area contributed by atoms with E-state index in [1.165, 1.54) is 0 Å². The number of hydrogen-bond acceptors (Lipinski definition) is 3. The molecular weight excluding hydrogens is 285 g/mol. The van der Waals surface area contributed by atoms with Crippen molar-refractivity contribution in [2.45, 2.75) is 25.4 Å². The Morgan fingerprint density at radius 1 is 1.37 bits per heavy atom. The van der Waals surface area contributed by atoms with E-state index in [9.17, 15) is 18.0 Å². The van der Waals surface area contributed by atoms with Crippen molar-refractivity contribution in [2.24, 2.45) is 17.6 Å². The first-order valence-corrected chi connectivity index (χ1v) is 6.06. The van der Waals surface area contributed by atoms with Crippen LogP contribution in [-0.2, 0) is 9.53 Å². The average Bonchev–Trinajstić information content (AvgIpc) is 2.74. The normalized spacial score (nSPS) is 22.9. The number of nitrogens with one attached hydrogen (secondary N) is 1. The van der Waals surface area contributed by atoms with Crippen molar-refractivity contribution in [1.29, 1.82) is 0 Å². The van der Waals surface area contributed by atoms with Crippen LogP contribution in [0.5, 0.6) is 0 Å². The summed E-state index contributed by atoms with van der Waals surface area (Å²) in [7, 11) is 0. The maximum atomic E-state index is 11.8. The van der Waals surface area contributed by atoms with Gasteiger partial charge in [-0.25, -0.2) is 0 Å². The lowest BCUT2D eigenvalue weighted by atomic mass is 9.95. The zero-order chi connectivity index (χ0) is 13.6. The molecule has 0 aromatic carbocycles. The van der Waals surface area contributed by atoms with Gasteiger partial charge in [0.1, 0.15) is 6.61 Å². The predicted octanol–water partition coefficient (Wildman–Crippen LogP) is 1.48. The smallest absolute Gasteiger partial charge is 0.370 e. The minimum Gasteiger partial charge on any atom is -0.370 e. The fourth-order valence-electron chi connectivity index (χ4n) is 2.23. The van der Waals surface area contributed by atoms with Gasteiger partial charge in [0, 0.05) is 12.5 Å². The Morgan fingerprint density at radius 2 is 2.05 bits per heavy atom. The van der Waals surface area contributed by atoms with E-state index in [0.717, 1.165) is 19.3 Å². The predicted molar refractivity (Wildman–Crippen MR) is 67.0 cm³/mol. The highest BCUT2D eigenvalue weighted by atomic mass is 35.5. The molecule has 3 N–H and O–H groups in total. The highest BCUT2D eigenvalue weighted by molar-refractivity contribution is 5.85. The molecule has 0 aromatic heterocycles. The maximum absolute atomic E-state index is 11.8. The zero-order valence-corrected chi connectivity index (χ0v) is 11.4. The van der Waals surface area contributed by atoms with Gasteiger partial charge < -0.3 is 15.8 Å². The van der Waals surface area contributed by atoms with Gasteiger partial charge in [-0.05, 0) is 25.3 Å². The lowest BCUT2D eigenvalue weighted by molar-refractivity contribution is -0.173. The molecule has 1 rings (SSSR count). The van der Waals surface area contributed by atoms with E-state index in [-0.39, 0.29) is 43.3 Å². The Morgan fingerprint density at radius 3 is 2.63 bits per heavy atom. The van der Waals surface area contributed by atoms with Gasteiger partial charge >= 0.3 is 6.18 Å². The molecule has 0 bridgehead atoms. The van der Waals surface area contributed by atoms with Crippen molar-refractivity contribution >= 4 is 18.3 Å². The molecule has 0 spiro atoms. The summed E-state index contributed by atoms with van der Waals surface area (Å²) < 4.78 is 39.7. The van der Waals surface area contributed by atoms with E-state index in [2.05, 4.69) is 10.1 Å². The van der Waals surface area contributed by atoms with E-state index >= 15 is 0 Å².